The van der Waals surface area contributed by atoms with Crippen LogP contribution in [0.5, 0.6) is 0 Å². The maximum absolute atomic E-state index is 12.3. The van der Waals surface area contributed by atoms with Crippen molar-refractivity contribution in [2.24, 2.45) is 5.41 Å². The molecule has 1 saturated heterocycles. The molecule has 3 N–H and O–H groups in total. The van der Waals surface area contributed by atoms with Crippen LogP contribution in [0, 0.1) is 15.5 Å². The molecular weight excluding hydrogens is 342 g/mol. The first-order chi connectivity index (χ1) is 12.4. The Balaban J connectivity index is 1.70. The van der Waals surface area contributed by atoms with E-state index in [1.807, 2.05) is 0 Å². The molecule has 0 bridgehead atoms. The fourth-order valence-electron chi connectivity index (χ4n) is 3.16. The first-order valence-corrected chi connectivity index (χ1v) is 8.23. The van der Waals surface area contributed by atoms with Crippen LogP contribution >= 0.6 is 0 Å². The second kappa shape index (κ2) is 7.12. The van der Waals surface area contributed by atoms with E-state index < -0.39 is 16.3 Å². The van der Waals surface area contributed by atoms with Gasteiger partial charge in [0.1, 0.15) is 0 Å². The number of nitro groups is 1. The number of hydrogen-bond acceptors (Lipinski definition) is 5. The van der Waals surface area contributed by atoms with Gasteiger partial charge in [-0.2, -0.15) is 0 Å². The maximum atomic E-state index is 12.3. The van der Waals surface area contributed by atoms with Gasteiger partial charge in [0.2, 0.25) is 5.91 Å². The standard InChI is InChI=1S/C17H19N3O6/c21-15(19-10-17(16(22)23)3-5-26-6-4-17)7-11-9-18-14-2-1-12(20(24)25)8-13(11)14/h1-2,8-9,18H,3-7,10H2,(H,19,21)(H,22,23). The number of ether oxygens (including phenoxy) is 1. The minimum atomic E-state index is -1.01. The second-order valence-corrected chi connectivity index (χ2v) is 6.45. The molecule has 1 aliphatic heterocycles. The Morgan fingerprint density at radius 3 is 2.73 bits per heavy atom. The van der Waals surface area contributed by atoms with E-state index in [2.05, 4.69) is 10.3 Å². The van der Waals surface area contributed by atoms with Crippen LogP contribution in [0.3, 0.4) is 0 Å². The lowest BCUT2D eigenvalue weighted by molar-refractivity contribution is -0.384. The maximum Gasteiger partial charge on any atom is 0.311 e. The van der Waals surface area contributed by atoms with Gasteiger partial charge in [0.05, 0.1) is 16.8 Å². The Kier molecular flexibility index (Phi) is 4.90. The van der Waals surface area contributed by atoms with Crippen molar-refractivity contribution in [1.29, 1.82) is 0 Å². The molecule has 9 heteroatoms. The van der Waals surface area contributed by atoms with Crippen molar-refractivity contribution in [3.05, 3.63) is 40.1 Å². The first kappa shape index (κ1) is 17.9. The Morgan fingerprint density at radius 2 is 2.08 bits per heavy atom. The van der Waals surface area contributed by atoms with Gasteiger partial charge >= 0.3 is 5.97 Å². The van der Waals surface area contributed by atoms with Gasteiger partial charge in [-0.1, -0.05) is 0 Å². The number of non-ortho nitro benzene ring substituents is 1. The van der Waals surface area contributed by atoms with E-state index in [4.69, 9.17) is 4.74 Å². The van der Waals surface area contributed by atoms with Gasteiger partial charge in [-0.05, 0) is 24.5 Å². The summed E-state index contributed by atoms with van der Waals surface area (Å²) in [5.41, 5.74) is 0.264. The Hall–Kier alpha value is -2.94. The minimum absolute atomic E-state index is 0.00731. The van der Waals surface area contributed by atoms with Gasteiger partial charge in [-0.25, -0.2) is 0 Å². The molecule has 1 amide bonds. The fraction of sp³-hybridized carbons (Fsp3) is 0.412. The fourth-order valence-corrected chi connectivity index (χ4v) is 3.16. The number of rotatable bonds is 6. The van der Waals surface area contributed by atoms with Crippen LogP contribution in [0.25, 0.3) is 10.9 Å². The Morgan fingerprint density at radius 1 is 1.35 bits per heavy atom. The van der Waals surface area contributed by atoms with E-state index in [0.29, 0.717) is 42.5 Å². The molecule has 0 spiro atoms. The summed E-state index contributed by atoms with van der Waals surface area (Å²) in [5.74, 6) is -1.27. The number of hydrogen-bond donors (Lipinski definition) is 3. The topological polar surface area (TPSA) is 135 Å². The Bertz CT molecular complexity index is 853. The quantitative estimate of drug-likeness (QED) is 0.528. The zero-order chi connectivity index (χ0) is 18.7. The molecule has 1 aromatic carbocycles. The zero-order valence-electron chi connectivity index (χ0n) is 14.0. The lowest BCUT2D eigenvalue weighted by Gasteiger charge is -2.33. The van der Waals surface area contributed by atoms with Crippen molar-refractivity contribution in [2.45, 2.75) is 19.3 Å². The number of carboxylic acids is 1. The third kappa shape index (κ3) is 3.52. The average Bonchev–Trinajstić information content (AvgIpc) is 3.02. The molecule has 0 aliphatic carbocycles. The first-order valence-electron chi connectivity index (χ1n) is 8.23. The number of H-pyrrole nitrogens is 1. The number of nitrogens with zero attached hydrogens (tertiary/aromatic N) is 1. The molecule has 3 rings (SSSR count). The molecule has 0 atom stereocenters. The summed E-state index contributed by atoms with van der Waals surface area (Å²) in [6.07, 6.45) is 2.34. The normalized spacial score (nSPS) is 16.3. The van der Waals surface area contributed by atoms with Gasteiger partial charge in [0, 0.05) is 49.0 Å². The van der Waals surface area contributed by atoms with Crippen LogP contribution in [0.15, 0.2) is 24.4 Å². The van der Waals surface area contributed by atoms with Crippen LogP contribution in [-0.2, 0) is 20.7 Å². The van der Waals surface area contributed by atoms with E-state index >= 15 is 0 Å². The van der Waals surface area contributed by atoms with Gasteiger partial charge in [-0.15, -0.1) is 0 Å². The highest BCUT2D eigenvalue weighted by atomic mass is 16.6. The predicted octanol–water partition coefficient (Wildman–Crippen LogP) is 1.62. The van der Waals surface area contributed by atoms with Crippen LogP contribution in [0.1, 0.15) is 18.4 Å². The van der Waals surface area contributed by atoms with Crippen LogP contribution in [0.2, 0.25) is 0 Å². The van der Waals surface area contributed by atoms with Crippen molar-refractivity contribution in [3.63, 3.8) is 0 Å². The smallest absolute Gasteiger partial charge is 0.311 e. The monoisotopic (exact) mass is 361 g/mol. The van der Waals surface area contributed by atoms with E-state index in [1.54, 1.807) is 12.3 Å². The zero-order valence-corrected chi connectivity index (χ0v) is 14.0. The predicted molar refractivity (Wildman–Crippen MR) is 91.8 cm³/mol. The number of aromatic nitrogens is 1. The number of aromatic amines is 1. The van der Waals surface area contributed by atoms with Gasteiger partial charge < -0.3 is 20.1 Å². The minimum Gasteiger partial charge on any atom is -0.481 e. The lowest BCUT2D eigenvalue weighted by atomic mass is 9.80. The molecule has 9 nitrogen and oxygen atoms in total. The highest BCUT2D eigenvalue weighted by molar-refractivity contribution is 5.90. The number of aliphatic carboxylic acids is 1. The number of carbonyl (C=O) groups is 2. The Labute approximate surface area is 148 Å². The lowest BCUT2D eigenvalue weighted by Crippen LogP contribution is -2.46. The van der Waals surface area contributed by atoms with Crippen LogP contribution in [-0.4, -0.2) is 46.6 Å². The van der Waals surface area contributed by atoms with Crippen molar-refractivity contribution in [1.82, 2.24) is 10.3 Å². The van der Waals surface area contributed by atoms with Crippen LogP contribution < -0.4 is 5.32 Å². The van der Waals surface area contributed by atoms with Gasteiger partial charge in [-0.3, -0.25) is 19.7 Å². The van der Waals surface area contributed by atoms with Gasteiger partial charge in [0.25, 0.3) is 5.69 Å². The molecule has 1 aliphatic rings. The number of carbonyl (C=O) groups excluding carboxylic acids is 1. The summed E-state index contributed by atoms with van der Waals surface area (Å²) < 4.78 is 5.21. The molecule has 0 unspecified atom stereocenters. The van der Waals surface area contributed by atoms with Gasteiger partial charge in [0.15, 0.2) is 0 Å². The summed E-state index contributed by atoms with van der Waals surface area (Å²) in [4.78, 5) is 37.3. The van der Waals surface area contributed by atoms with E-state index in [0.717, 1.165) is 0 Å². The highest BCUT2D eigenvalue weighted by Gasteiger charge is 2.40. The van der Waals surface area contributed by atoms with Crippen molar-refractivity contribution in [2.75, 3.05) is 19.8 Å². The number of nitro benzene ring substituents is 1. The van der Waals surface area contributed by atoms with E-state index in [1.165, 1.54) is 12.1 Å². The summed E-state index contributed by atoms with van der Waals surface area (Å²) in [6.45, 7) is 0.746. The second-order valence-electron chi connectivity index (χ2n) is 6.45. The summed E-state index contributed by atoms with van der Waals surface area (Å²) in [5, 5.41) is 23.7. The third-order valence-electron chi connectivity index (χ3n) is 4.84. The molecule has 0 radical (unpaired) electrons. The van der Waals surface area contributed by atoms with Crippen molar-refractivity contribution < 1.29 is 24.4 Å². The summed E-state index contributed by atoms with van der Waals surface area (Å²) in [6, 6.07) is 4.41. The molecule has 0 saturated carbocycles. The number of carboxylic acid groups (broad SMARTS) is 1. The number of fused-ring (bicyclic) bond motifs is 1. The molecule has 26 heavy (non-hydrogen) atoms. The SMILES string of the molecule is O=C(Cc1c[nH]c2ccc([N+](=O)[O-])cc12)NCC1(C(=O)O)CCOCC1. The number of amides is 1. The number of benzene rings is 1. The van der Waals surface area contributed by atoms with E-state index in [9.17, 15) is 24.8 Å². The molecule has 1 fully saturated rings. The van der Waals surface area contributed by atoms with Crippen molar-refractivity contribution in [3.8, 4) is 0 Å². The van der Waals surface area contributed by atoms with Crippen LogP contribution in [0.4, 0.5) is 5.69 Å². The average molecular weight is 361 g/mol. The highest BCUT2D eigenvalue weighted by Crippen LogP contribution is 2.30. The molecule has 2 heterocycles. The molecular formula is C17H19N3O6. The number of nitrogens with one attached hydrogen (secondary N) is 2. The largest absolute Gasteiger partial charge is 0.481 e. The third-order valence-corrected chi connectivity index (χ3v) is 4.84. The molecule has 2 aromatic rings. The van der Waals surface area contributed by atoms with Crippen molar-refractivity contribution >= 4 is 28.5 Å². The van der Waals surface area contributed by atoms with E-state index in [-0.39, 0.29) is 24.6 Å². The summed E-state index contributed by atoms with van der Waals surface area (Å²) in [7, 11) is 0. The summed E-state index contributed by atoms with van der Waals surface area (Å²) >= 11 is 0. The molecule has 138 valence electrons. The molecule has 1 aromatic heterocycles.